The highest BCUT2D eigenvalue weighted by Gasteiger charge is 2.28. The molecule has 2 rings (SSSR count). The predicted molar refractivity (Wildman–Crippen MR) is 77.8 cm³/mol. The van der Waals surface area contributed by atoms with Crippen molar-refractivity contribution in [2.75, 3.05) is 39.3 Å². The van der Waals surface area contributed by atoms with Crippen molar-refractivity contribution < 1.29 is 0 Å². The molecule has 2 N–H and O–H groups in total. The van der Waals surface area contributed by atoms with E-state index in [1.54, 1.807) is 0 Å². The molecule has 0 radical (unpaired) electrons. The molecule has 3 heteroatoms. The third-order valence-electron chi connectivity index (χ3n) is 4.57. The van der Waals surface area contributed by atoms with Gasteiger partial charge in [-0.05, 0) is 64.8 Å². The van der Waals surface area contributed by atoms with Crippen molar-refractivity contribution in [1.82, 2.24) is 9.80 Å². The molecule has 0 aromatic rings. The lowest BCUT2D eigenvalue weighted by molar-refractivity contribution is 0.217. The van der Waals surface area contributed by atoms with Gasteiger partial charge in [0.1, 0.15) is 0 Å². The summed E-state index contributed by atoms with van der Waals surface area (Å²) >= 11 is 0. The standard InChI is InChI=1S/C15H31N3/c16-9-4-2-1-3-5-10-17-11-7-13-18-12-6-8-15(18)14-17/h15H,1-14,16H2. The Morgan fingerprint density at radius 1 is 0.889 bits per heavy atom. The number of nitrogens with two attached hydrogens (primary N) is 1. The monoisotopic (exact) mass is 253 g/mol. The molecule has 0 bridgehead atoms. The van der Waals surface area contributed by atoms with Crippen LogP contribution < -0.4 is 5.73 Å². The lowest BCUT2D eigenvalue weighted by atomic mass is 10.1. The molecule has 0 spiro atoms. The second-order valence-electron chi connectivity index (χ2n) is 6.04. The molecule has 18 heavy (non-hydrogen) atoms. The fraction of sp³-hybridized carbons (Fsp3) is 1.00. The van der Waals surface area contributed by atoms with Gasteiger partial charge in [-0.3, -0.25) is 4.90 Å². The van der Waals surface area contributed by atoms with Gasteiger partial charge in [0.25, 0.3) is 0 Å². The van der Waals surface area contributed by atoms with Gasteiger partial charge >= 0.3 is 0 Å². The van der Waals surface area contributed by atoms with Gasteiger partial charge in [-0.1, -0.05) is 19.3 Å². The maximum atomic E-state index is 5.51. The van der Waals surface area contributed by atoms with Crippen LogP contribution in [0.2, 0.25) is 0 Å². The third-order valence-corrected chi connectivity index (χ3v) is 4.57. The van der Waals surface area contributed by atoms with E-state index in [2.05, 4.69) is 9.80 Å². The van der Waals surface area contributed by atoms with Gasteiger partial charge in [-0.2, -0.15) is 0 Å². The molecular formula is C15H31N3. The van der Waals surface area contributed by atoms with Gasteiger partial charge in [0.2, 0.25) is 0 Å². The molecule has 0 aliphatic carbocycles. The van der Waals surface area contributed by atoms with Crippen molar-refractivity contribution in [3.63, 3.8) is 0 Å². The number of rotatable bonds is 7. The first-order valence-corrected chi connectivity index (χ1v) is 8.06. The van der Waals surface area contributed by atoms with Gasteiger partial charge in [0.15, 0.2) is 0 Å². The Hall–Kier alpha value is -0.120. The first kappa shape index (κ1) is 14.3. The maximum absolute atomic E-state index is 5.51. The molecule has 1 atom stereocenters. The van der Waals surface area contributed by atoms with E-state index in [0.29, 0.717) is 0 Å². The molecule has 2 fully saturated rings. The van der Waals surface area contributed by atoms with Crippen LogP contribution in [0.5, 0.6) is 0 Å². The first-order chi connectivity index (χ1) is 8.90. The summed E-state index contributed by atoms with van der Waals surface area (Å²) in [5.41, 5.74) is 5.51. The van der Waals surface area contributed by atoms with E-state index in [1.807, 2.05) is 0 Å². The van der Waals surface area contributed by atoms with Crippen molar-refractivity contribution in [3.8, 4) is 0 Å². The second kappa shape index (κ2) is 8.13. The number of nitrogens with zero attached hydrogens (tertiary/aromatic N) is 2. The Labute approximate surface area is 113 Å². The molecule has 2 aliphatic heterocycles. The second-order valence-corrected chi connectivity index (χ2v) is 6.04. The van der Waals surface area contributed by atoms with Crippen LogP contribution in [0.3, 0.4) is 0 Å². The summed E-state index contributed by atoms with van der Waals surface area (Å²) in [7, 11) is 0. The van der Waals surface area contributed by atoms with Crippen LogP contribution in [-0.2, 0) is 0 Å². The van der Waals surface area contributed by atoms with Crippen LogP contribution >= 0.6 is 0 Å². The highest BCUT2D eigenvalue weighted by atomic mass is 15.3. The van der Waals surface area contributed by atoms with E-state index in [4.69, 9.17) is 5.73 Å². The van der Waals surface area contributed by atoms with Crippen LogP contribution in [0.1, 0.15) is 51.4 Å². The lowest BCUT2D eigenvalue weighted by Crippen LogP contribution is -2.36. The molecule has 2 aliphatic rings. The van der Waals surface area contributed by atoms with Crippen LogP contribution in [-0.4, -0.2) is 55.1 Å². The molecule has 3 nitrogen and oxygen atoms in total. The molecule has 0 aromatic carbocycles. The Balaban J connectivity index is 1.57. The van der Waals surface area contributed by atoms with Gasteiger partial charge < -0.3 is 10.6 Å². The third kappa shape index (κ3) is 4.52. The molecule has 106 valence electrons. The maximum Gasteiger partial charge on any atom is 0.0223 e. The largest absolute Gasteiger partial charge is 0.330 e. The summed E-state index contributed by atoms with van der Waals surface area (Å²) in [5, 5.41) is 0. The summed E-state index contributed by atoms with van der Waals surface area (Å²) in [5.74, 6) is 0. The lowest BCUT2D eigenvalue weighted by Gasteiger charge is -2.25. The molecule has 2 heterocycles. The molecule has 1 unspecified atom stereocenters. The van der Waals surface area contributed by atoms with Crippen molar-refractivity contribution >= 4 is 0 Å². The topological polar surface area (TPSA) is 32.5 Å². The van der Waals surface area contributed by atoms with Crippen LogP contribution in [0, 0.1) is 0 Å². The van der Waals surface area contributed by atoms with Gasteiger partial charge in [0, 0.05) is 12.6 Å². The molecular weight excluding hydrogens is 222 g/mol. The van der Waals surface area contributed by atoms with Crippen molar-refractivity contribution in [1.29, 1.82) is 0 Å². The molecule has 0 saturated carbocycles. The van der Waals surface area contributed by atoms with E-state index >= 15 is 0 Å². The highest BCUT2D eigenvalue weighted by Crippen LogP contribution is 2.21. The normalized spacial score (nSPS) is 26.2. The number of hydrogen-bond acceptors (Lipinski definition) is 3. The van der Waals surface area contributed by atoms with Crippen LogP contribution in [0.4, 0.5) is 0 Å². The number of hydrogen-bond donors (Lipinski definition) is 1. The van der Waals surface area contributed by atoms with Crippen molar-refractivity contribution in [2.45, 2.75) is 57.4 Å². The Bertz CT molecular complexity index is 220. The number of unbranched alkanes of at least 4 members (excludes halogenated alkanes) is 4. The van der Waals surface area contributed by atoms with Gasteiger partial charge in [-0.25, -0.2) is 0 Å². The predicted octanol–water partition coefficient (Wildman–Crippen LogP) is 2.07. The SMILES string of the molecule is NCCCCCCCN1CCCN2CCCC2C1. The van der Waals surface area contributed by atoms with Crippen molar-refractivity contribution in [2.24, 2.45) is 5.73 Å². The zero-order valence-electron chi connectivity index (χ0n) is 11.9. The zero-order valence-corrected chi connectivity index (χ0v) is 11.9. The highest BCUT2D eigenvalue weighted by molar-refractivity contribution is 4.84. The number of fused-ring (bicyclic) bond motifs is 1. The van der Waals surface area contributed by atoms with Crippen molar-refractivity contribution in [3.05, 3.63) is 0 Å². The Kier molecular flexibility index (Phi) is 6.46. The average molecular weight is 253 g/mol. The Morgan fingerprint density at radius 2 is 1.67 bits per heavy atom. The fourth-order valence-electron chi connectivity index (χ4n) is 3.50. The smallest absolute Gasteiger partial charge is 0.0223 e. The first-order valence-electron chi connectivity index (χ1n) is 8.06. The van der Waals surface area contributed by atoms with E-state index in [0.717, 1.165) is 12.6 Å². The zero-order chi connectivity index (χ0) is 12.6. The summed E-state index contributed by atoms with van der Waals surface area (Å²) in [6.07, 6.45) is 10.9. The summed E-state index contributed by atoms with van der Waals surface area (Å²) in [6.45, 7) is 7.56. The van der Waals surface area contributed by atoms with E-state index in [-0.39, 0.29) is 0 Å². The molecule has 0 amide bonds. The minimum atomic E-state index is 0.865. The summed E-state index contributed by atoms with van der Waals surface area (Å²) in [4.78, 5) is 5.44. The summed E-state index contributed by atoms with van der Waals surface area (Å²) in [6, 6.07) is 0.879. The minimum absolute atomic E-state index is 0.865. The summed E-state index contributed by atoms with van der Waals surface area (Å²) < 4.78 is 0. The van der Waals surface area contributed by atoms with Crippen LogP contribution in [0.25, 0.3) is 0 Å². The fourth-order valence-corrected chi connectivity index (χ4v) is 3.50. The quantitative estimate of drug-likeness (QED) is 0.705. The van der Waals surface area contributed by atoms with E-state index in [9.17, 15) is 0 Å². The van der Waals surface area contributed by atoms with Gasteiger partial charge in [0.05, 0.1) is 0 Å². The van der Waals surface area contributed by atoms with E-state index < -0.39 is 0 Å². The average Bonchev–Trinajstić information content (AvgIpc) is 2.72. The van der Waals surface area contributed by atoms with E-state index in [1.165, 1.54) is 84.1 Å². The van der Waals surface area contributed by atoms with Gasteiger partial charge in [-0.15, -0.1) is 0 Å². The van der Waals surface area contributed by atoms with Crippen LogP contribution in [0.15, 0.2) is 0 Å². The molecule has 2 saturated heterocycles. The minimum Gasteiger partial charge on any atom is -0.330 e. The Morgan fingerprint density at radius 3 is 2.56 bits per heavy atom. The molecule has 0 aromatic heterocycles.